The molecule has 4 unspecified atom stereocenters. The van der Waals surface area contributed by atoms with E-state index in [1.807, 2.05) is 6.26 Å². The Morgan fingerprint density at radius 2 is 1.41 bits per heavy atom. The van der Waals surface area contributed by atoms with Crippen molar-refractivity contribution in [3.05, 3.63) is 0 Å². The molecule has 0 saturated carbocycles. The van der Waals surface area contributed by atoms with Gasteiger partial charge >= 0.3 is 11.9 Å². The Morgan fingerprint density at radius 1 is 0.875 bits per heavy atom. The van der Waals surface area contributed by atoms with Crippen molar-refractivity contribution in [1.29, 1.82) is 0 Å². The van der Waals surface area contributed by atoms with E-state index in [4.69, 9.17) is 10.8 Å². The number of carbonyl (C=O) groups excluding carboxylic acids is 3. The van der Waals surface area contributed by atoms with E-state index in [-0.39, 0.29) is 18.8 Å². The van der Waals surface area contributed by atoms with Gasteiger partial charge < -0.3 is 37.0 Å². The lowest BCUT2D eigenvalue weighted by Gasteiger charge is -2.24. The number of carboxylic acid groups (broad SMARTS) is 2. The molecule has 0 bridgehead atoms. The first kappa shape index (κ1) is 29.6. The molecular formula is C19H34N4O8S. The molecule has 0 aliphatic rings. The number of carbonyl (C=O) groups is 5. The molecule has 0 aliphatic heterocycles. The van der Waals surface area contributed by atoms with Crippen LogP contribution in [0.15, 0.2) is 0 Å². The van der Waals surface area contributed by atoms with Crippen LogP contribution in [0.4, 0.5) is 0 Å². The zero-order valence-corrected chi connectivity index (χ0v) is 19.3. The second-order valence-electron chi connectivity index (χ2n) is 7.65. The van der Waals surface area contributed by atoms with Gasteiger partial charge in [-0.05, 0) is 37.2 Å². The third-order valence-corrected chi connectivity index (χ3v) is 5.03. The number of nitrogens with two attached hydrogens (primary N) is 1. The fourth-order valence-electron chi connectivity index (χ4n) is 2.62. The molecule has 4 atom stereocenters. The van der Waals surface area contributed by atoms with Crippen LogP contribution < -0.4 is 21.7 Å². The molecule has 0 fully saturated rings. The van der Waals surface area contributed by atoms with Crippen molar-refractivity contribution < 1.29 is 39.3 Å². The van der Waals surface area contributed by atoms with Crippen molar-refractivity contribution in [3.63, 3.8) is 0 Å². The quantitative estimate of drug-likeness (QED) is 0.137. The van der Waals surface area contributed by atoms with Gasteiger partial charge in [-0.25, -0.2) is 4.79 Å². The largest absolute Gasteiger partial charge is 0.481 e. The predicted octanol–water partition coefficient (Wildman–Crippen LogP) is -1.49. The number of nitrogens with one attached hydrogen (secondary N) is 3. The van der Waals surface area contributed by atoms with Crippen LogP contribution >= 0.6 is 11.8 Å². The van der Waals surface area contributed by atoms with Gasteiger partial charge in [0.2, 0.25) is 17.7 Å². The molecule has 3 amide bonds. The minimum absolute atomic E-state index is 0.0375. The van der Waals surface area contributed by atoms with Crippen LogP contribution in [0, 0.1) is 5.92 Å². The number of thioether (sulfide) groups is 1. The highest BCUT2D eigenvalue weighted by Crippen LogP contribution is 2.06. The number of hydrogen-bond acceptors (Lipinski definition) is 8. The van der Waals surface area contributed by atoms with E-state index in [9.17, 15) is 34.2 Å². The zero-order chi connectivity index (χ0) is 24.8. The molecule has 0 saturated heterocycles. The summed E-state index contributed by atoms with van der Waals surface area (Å²) < 4.78 is 0. The van der Waals surface area contributed by atoms with Gasteiger partial charge in [0, 0.05) is 6.42 Å². The van der Waals surface area contributed by atoms with E-state index >= 15 is 0 Å². The Morgan fingerprint density at radius 3 is 1.88 bits per heavy atom. The van der Waals surface area contributed by atoms with Crippen molar-refractivity contribution in [3.8, 4) is 0 Å². The van der Waals surface area contributed by atoms with Gasteiger partial charge in [0.15, 0.2) is 0 Å². The first-order chi connectivity index (χ1) is 14.9. The van der Waals surface area contributed by atoms with E-state index in [1.54, 1.807) is 13.8 Å². The number of aliphatic carboxylic acids is 2. The lowest BCUT2D eigenvalue weighted by Crippen LogP contribution is -2.58. The second kappa shape index (κ2) is 15.4. The zero-order valence-electron chi connectivity index (χ0n) is 18.5. The van der Waals surface area contributed by atoms with E-state index in [1.165, 1.54) is 11.8 Å². The summed E-state index contributed by atoms with van der Waals surface area (Å²) in [7, 11) is 0. The van der Waals surface area contributed by atoms with E-state index in [0.717, 1.165) is 0 Å². The van der Waals surface area contributed by atoms with Crippen molar-refractivity contribution >= 4 is 41.4 Å². The minimum atomic E-state index is -1.49. The number of amides is 3. The summed E-state index contributed by atoms with van der Waals surface area (Å²) in [5.41, 5.74) is 5.77. The molecule has 13 heteroatoms. The molecule has 0 aromatic heterocycles. The SMILES string of the molecule is CSCCC(N)C(=O)NC(CCC(=O)O)C(=O)NC(CO)C(=O)NC(CC(C)C)C(=O)O. The molecule has 0 aromatic rings. The molecule has 0 heterocycles. The Hall–Kier alpha value is -2.38. The van der Waals surface area contributed by atoms with Crippen molar-refractivity contribution in [2.45, 2.75) is 63.7 Å². The van der Waals surface area contributed by atoms with Crippen LogP contribution in [0.3, 0.4) is 0 Å². The molecule has 32 heavy (non-hydrogen) atoms. The number of aliphatic hydroxyl groups is 1. The fraction of sp³-hybridized carbons (Fsp3) is 0.737. The van der Waals surface area contributed by atoms with Gasteiger partial charge in [0.25, 0.3) is 0 Å². The van der Waals surface area contributed by atoms with E-state index < -0.39 is 66.9 Å². The average Bonchev–Trinajstić information content (AvgIpc) is 2.71. The Labute approximate surface area is 191 Å². The van der Waals surface area contributed by atoms with Crippen LogP contribution in [0.5, 0.6) is 0 Å². The molecule has 0 aliphatic carbocycles. The lowest BCUT2D eigenvalue weighted by atomic mass is 10.0. The van der Waals surface area contributed by atoms with Crippen molar-refractivity contribution in [2.75, 3.05) is 18.6 Å². The summed E-state index contributed by atoms with van der Waals surface area (Å²) in [5, 5.41) is 34.5. The number of carboxylic acids is 2. The van der Waals surface area contributed by atoms with Gasteiger partial charge in [-0.3, -0.25) is 19.2 Å². The monoisotopic (exact) mass is 478 g/mol. The van der Waals surface area contributed by atoms with Gasteiger partial charge in [-0.1, -0.05) is 13.8 Å². The van der Waals surface area contributed by atoms with E-state index in [0.29, 0.717) is 12.2 Å². The van der Waals surface area contributed by atoms with Gasteiger partial charge in [0.1, 0.15) is 18.1 Å². The van der Waals surface area contributed by atoms with Crippen LogP contribution in [-0.4, -0.2) is 87.8 Å². The minimum Gasteiger partial charge on any atom is -0.481 e. The highest BCUT2D eigenvalue weighted by Gasteiger charge is 2.30. The molecule has 12 nitrogen and oxygen atoms in total. The topological polar surface area (TPSA) is 208 Å². The molecule has 0 aromatic carbocycles. The molecular weight excluding hydrogens is 444 g/mol. The fourth-order valence-corrected chi connectivity index (χ4v) is 3.11. The molecule has 8 N–H and O–H groups in total. The van der Waals surface area contributed by atoms with Crippen molar-refractivity contribution in [1.82, 2.24) is 16.0 Å². The third-order valence-electron chi connectivity index (χ3n) is 4.39. The first-order valence-electron chi connectivity index (χ1n) is 10.1. The highest BCUT2D eigenvalue weighted by atomic mass is 32.2. The van der Waals surface area contributed by atoms with Gasteiger partial charge in [0.05, 0.1) is 12.6 Å². The smallest absolute Gasteiger partial charge is 0.326 e. The molecule has 0 radical (unpaired) electrons. The maximum atomic E-state index is 12.6. The predicted molar refractivity (Wildman–Crippen MR) is 118 cm³/mol. The highest BCUT2D eigenvalue weighted by molar-refractivity contribution is 7.98. The Bertz CT molecular complexity index is 661. The van der Waals surface area contributed by atoms with E-state index in [2.05, 4.69) is 16.0 Å². The van der Waals surface area contributed by atoms with Crippen LogP contribution in [0.1, 0.15) is 39.5 Å². The number of rotatable bonds is 16. The number of aliphatic hydroxyl groups excluding tert-OH is 1. The van der Waals surface area contributed by atoms with Gasteiger partial charge in [-0.15, -0.1) is 0 Å². The van der Waals surface area contributed by atoms with Crippen LogP contribution in [-0.2, 0) is 24.0 Å². The van der Waals surface area contributed by atoms with Crippen LogP contribution in [0.25, 0.3) is 0 Å². The standard InChI is InChI=1S/C19H34N4O8S/c1-10(2)8-13(19(30)31)22-18(29)14(9-24)23-17(28)12(4-5-15(25)26)21-16(27)11(20)6-7-32-3/h10-14,24H,4-9,20H2,1-3H3,(H,21,27)(H,22,29)(H,23,28)(H,25,26)(H,30,31). The van der Waals surface area contributed by atoms with Gasteiger partial charge in [-0.2, -0.15) is 11.8 Å². The maximum Gasteiger partial charge on any atom is 0.326 e. The Balaban J connectivity index is 5.25. The van der Waals surface area contributed by atoms with Crippen molar-refractivity contribution in [2.24, 2.45) is 11.7 Å². The summed E-state index contributed by atoms with van der Waals surface area (Å²) in [5.74, 6) is -4.37. The summed E-state index contributed by atoms with van der Waals surface area (Å²) in [6.07, 6.45) is 1.60. The lowest BCUT2D eigenvalue weighted by molar-refractivity contribution is -0.143. The summed E-state index contributed by atoms with van der Waals surface area (Å²) in [4.78, 5) is 59.5. The molecule has 184 valence electrons. The second-order valence-corrected chi connectivity index (χ2v) is 8.64. The Kier molecular flexibility index (Phi) is 14.3. The van der Waals surface area contributed by atoms with Crippen LogP contribution in [0.2, 0.25) is 0 Å². The summed E-state index contributed by atoms with van der Waals surface area (Å²) >= 11 is 1.48. The maximum absolute atomic E-state index is 12.6. The molecule has 0 spiro atoms. The first-order valence-corrected chi connectivity index (χ1v) is 11.5. The average molecular weight is 479 g/mol. The molecule has 0 rings (SSSR count). The number of hydrogen-bond donors (Lipinski definition) is 7. The normalized spacial score (nSPS) is 14.7. The summed E-state index contributed by atoms with van der Waals surface area (Å²) in [6.45, 7) is 2.71. The third kappa shape index (κ3) is 11.9. The summed E-state index contributed by atoms with van der Waals surface area (Å²) in [6, 6.07) is -4.94.